The van der Waals surface area contributed by atoms with Crippen molar-refractivity contribution in [1.82, 2.24) is 18.9 Å². The molecule has 0 radical (unpaired) electrons. The van der Waals surface area contributed by atoms with E-state index in [1.807, 2.05) is 12.1 Å². The molecular weight excluding hydrogens is 604 g/mol. The Kier molecular flexibility index (Phi) is 10.2. The van der Waals surface area contributed by atoms with Gasteiger partial charge in [0, 0.05) is 57.3 Å². The molecule has 12 nitrogen and oxygen atoms in total. The first-order chi connectivity index (χ1) is 22.2. The number of benzene rings is 2. The van der Waals surface area contributed by atoms with E-state index in [1.165, 1.54) is 26.4 Å². The van der Waals surface area contributed by atoms with Crippen LogP contribution in [0.15, 0.2) is 52.2 Å². The molecule has 3 aromatic rings. The average Bonchev–Trinajstić information content (AvgIpc) is 3.21. The number of rotatable bonds is 10. The van der Waals surface area contributed by atoms with Gasteiger partial charge in [0.2, 0.25) is 5.91 Å². The summed E-state index contributed by atoms with van der Waals surface area (Å²) in [5.41, 5.74) is -0.592. The topological polar surface area (TPSA) is 124 Å². The SMILES string of the molecule is COCC(COC)n1c(=O)c(-c2cccc(F)c2F)cn(CC(=O)N2CCC(N3CCc4cc(OC)ccc4NC3=O)CC2)c1=O. The number of hydrogen-bond acceptors (Lipinski definition) is 7. The zero-order valence-electron chi connectivity index (χ0n) is 26.0. The van der Waals surface area contributed by atoms with Crippen molar-refractivity contribution >= 4 is 17.6 Å². The van der Waals surface area contributed by atoms with Crippen LogP contribution in [0.1, 0.15) is 24.4 Å². The van der Waals surface area contributed by atoms with Crippen LogP contribution in [-0.2, 0) is 27.2 Å². The Hall–Kier alpha value is -4.56. The molecule has 1 N–H and O–H groups in total. The van der Waals surface area contributed by atoms with E-state index in [1.54, 1.807) is 23.0 Å². The largest absolute Gasteiger partial charge is 0.497 e. The quantitative estimate of drug-likeness (QED) is 0.361. The molecule has 1 saturated heterocycles. The molecular formula is C32H37F2N5O7. The van der Waals surface area contributed by atoms with Crippen LogP contribution in [0.3, 0.4) is 0 Å². The number of carbonyl (C=O) groups is 2. The molecule has 2 aliphatic heterocycles. The first-order valence-corrected chi connectivity index (χ1v) is 15.0. The molecule has 2 aliphatic rings. The van der Waals surface area contributed by atoms with Gasteiger partial charge in [0.05, 0.1) is 31.9 Å². The van der Waals surface area contributed by atoms with Gasteiger partial charge in [0.1, 0.15) is 12.3 Å². The number of anilines is 1. The van der Waals surface area contributed by atoms with Crippen molar-refractivity contribution in [2.75, 3.05) is 59.5 Å². The van der Waals surface area contributed by atoms with Gasteiger partial charge in [-0.2, -0.15) is 0 Å². The van der Waals surface area contributed by atoms with Crippen molar-refractivity contribution in [2.45, 2.75) is 37.9 Å². The third kappa shape index (κ3) is 6.67. The van der Waals surface area contributed by atoms with Crippen molar-refractivity contribution in [3.63, 3.8) is 0 Å². The van der Waals surface area contributed by atoms with Crippen LogP contribution in [0.2, 0.25) is 0 Å². The van der Waals surface area contributed by atoms with Gasteiger partial charge in [-0.25, -0.2) is 18.4 Å². The predicted molar refractivity (Wildman–Crippen MR) is 165 cm³/mol. The van der Waals surface area contributed by atoms with E-state index < -0.39 is 41.4 Å². The monoisotopic (exact) mass is 641 g/mol. The molecule has 0 saturated carbocycles. The van der Waals surface area contributed by atoms with Gasteiger partial charge in [-0.3, -0.25) is 18.7 Å². The van der Waals surface area contributed by atoms with Crippen LogP contribution in [0, 0.1) is 11.6 Å². The van der Waals surface area contributed by atoms with Gasteiger partial charge in [0.15, 0.2) is 11.6 Å². The zero-order chi connectivity index (χ0) is 33.0. The summed E-state index contributed by atoms with van der Waals surface area (Å²) in [5.74, 6) is -2.10. The molecule has 1 aromatic heterocycles. The number of ether oxygens (including phenoxy) is 3. The molecule has 0 aliphatic carbocycles. The standard InChI is InChI=1S/C32H37F2N5O7/c1-44-18-22(19-45-2)39-30(41)25(24-5-4-6-26(33)29(24)34)16-37(32(39)43)17-28(40)36-12-10-21(11-13-36)38-14-9-20-15-23(46-3)7-8-27(20)35-31(38)42/h4-8,15-16,21-22H,9-14,17-19H2,1-3H3,(H,35,42). The Bertz CT molecular complexity index is 1710. The number of nitrogens with one attached hydrogen (secondary N) is 1. The zero-order valence-corrected chi connectivity index (χ0v) is 26.0. The normalized spacial score (nSPS) is 15.5. The maximum Gasteiger partial charge on any atom is 0.331 e. The van der Waals surface area contributed by atoms with E-state index in [2.05, 4.69) is 5.32 Å². The van der Waals surface area contributed by atoms with Crippen molar-refractivity contribution in [2.24, 2.45) is 0 Å². The Morgan fingerprint density at radius 1 is 0.978 bits per heavy atom. The highest BCUT2D eigenvalue weighted by Crippen LogP contribution is 2.28. The summed E-state index contributed by atoms with van der Waals surface area (Å²) in [6, 6.07) is 7.73. The highest BCUT2D eigenvalue weighted by molar-refractivity contribution is 5.91. The van der Waals surface area contributed by atoms with E-state index in [4.69, 9.17) is 14.2 Å². The van der Waals surface area contributed by atoms with Crippen LogP contribution in [-0.4, -0.2) is 91.1 Å². The summed E-state index contributed by atoms with van der Waals surface area (Å²) in [6.07, 6.45) is 2.78. The Morgan fingerprint density at radius 2 is 1.70 bits per heavy atom. The van der Waals surface area contributed by atoms with Crippen LogP contribution < -0.4 is 21.3 Å². The second kappa shape index (κ2) is 14.3. The highest BCUT2D eigenvalue weighted by Gasteiger charge is 2.32. The lowest BCUT2D eigenvalue weighted by Gasteiger charge is -2.38. The van der Waals surface area contributed by atoms with E-state index in [-0.39, 0.29) is 36.4 Å². The lowest BCUT2D eigenvalue weighted by Crippen LogP contribution is -2.51. The third-order valence-corrected chi connectivity index (χ3v) is 8.51. The molecule has 0 unspecified atom stereocenters. The predicted octanol–water partition coefficient (Wildman–Crippen LogP) is 2.88. The molecule has 0 bridgehead atoms. The van der Waals surface area contributed by atoms with Crippen LogP contribution in [0.4, 0.5) is 19.3 Å². The summed E-state index contributed by atoms with van der Waals surface area (Å²) in [6.45, 7) is 0.574. The highest BCUT2D eigenvalue weighted by atomic mass is 19.2. The Labute approximate surface area is 264 Å². The summed E-state index contributed by atoms with van der Waals surface area (Å²) in [5, 5.41) is 2.97. The van der Waals surface area contributed by atoms with E-state index >= 15 is 0 Å². The molecule has 3 heterocycles. The van der Waals surface area contributed by atoms with Crippen molar-refractivity contribution in [3.8, 4) is 16.9 Å². The molecule has 1 fully saturated rings. The number of amides is 3. The fourth-order valence-electron chi connectivity index (χ4n) is 6.11. The second-order valence-electron chi connectivity index (χ2n) is 11.3. The number of urea groups is 1. The van der Waals surface area contributed by atoms with Gasteiger partial charge in [-0.05, 0) is 49.1 Å². The number of fused-ring (bicyclic) bond motifs is 1. The first-order valence-electron chi connectivity index (χ1n) is 15.0. The van der Waals surface area contributed by atoms with Gasteiger partial charge < -0.3 is 29.3 Å². The smallest absolute Gasteiger partial charge is 0.331 e. The molecule has 5 rings (SSSR count). The van der Waals surface area contributed by atoms with Gasteiger partial charge >= 0.3 is 11.7 Å². The Balaban J connectivity index is 1.35. The lowest BCUT2D eigenvalue weighted by molar-refractivity contribution is -0.133. The molecule has 46 heavy (non-hydrogen) atoms. The average molecular weight is 642 g/mol. The molecule has 0 spiro atoms. The third-order valence-electron chi connectivity index (χ3n) is 8.51. The van der Waals surface area contributed by atoms with Crippen LogP contribution >= 0.6 is 0 Å². The summed E-state index contributed by atoms with van der Waals surface area (Å²) >= 11 is 0. The number of hydrogen-bond donors (Lipinski definition) is 1. The summed E-state index contributed by atoms with van der Waals surface area (Å²) in [7, 11) is 4.37. The van der Waals surface area contributed by atoms with Crippen molar-refractivity contribution < 1.29 is 32.6 Å². The summed E-state index contributed by atoms with van der Waals surface area (Å²) in [4.78, 5) is 57.1. The molecule has 2 aromatic carbocycles. The lowest BCUT2D eigenvalue weighted by atomic mass is 10.0. The number of piperidine rings is 1. The number of methoxy groups -OCH3 is 3. The van der Waals surface area contributed by atoms with E-state index in [0.717, 1.165) is 32.6 Å². The minimum absolute atomic E-state index is 0.0811. The maximum absolute atomic E-state index is 14.9. The molecule has 0 atom stereocenters. The number of nitrogens with zero attached hydrogens (tertiary/aromatic N) is 4. The number of aromatic nitrogens is 2. The number of likely N-dealkylation sites (tertiary alicyclic amines) is 1. The number of carbonyl (C=O) groups excluding carboxylic acids is 2. The first kappa shape index (κ1) is 32.8. The van der Waals surface area contributed by atoms with Crippen molar-refractivity contribution in [1.29, 1.82) is 0 Å². The molecule has 3 amide bonds. The minimum atomic E-state index is -1.25. The van der Waals surface area contributed by atoms with E-state index in [9.17, 15) is 28.0 Å². The fraction of sp³-hybridized carbons (Fsp3) is 0.438. The van der Waals surface area contributed by atoms with Crippen molar-refractivity contribution in [3.05, 3.63) is 80.6 Å². The maximum atomic E-state index is 14.9. The van der Waals surface area contributed by atoms with Gasteiger partial charge in [-0.15, -0.1) is 0 Å². The second-order valence-corrected chi connectivity index (χ2v) is 11.3. The van der Waals surface area contributed by atoms with E-state index in [0.29, 0.717) is 44.6 Å². The summed E-state index contributed by atoms with van der Waals surface area (Å²) < 4.78 is 46.6. The minimum Gasteiger partial charge on any atom is -0.497 e. The van der Waals surface area contributed by atoms with Crippen LogP contribution in [0.25, 0.3) is 11.1 Å². The fourth-order valence-corrected chi connectivity index (χ4v) is 6.11. The van der Waals surface area contributed by atoms with Gasteiger partial charge in [0.25, 0.3) is 5.56 Å². The molecule has 246 valence electrons. The van der Waals surface area contributed by atoms with Crippen LogP contribution in [0.5, 0.6) is 5.75 Å². The van der Waals surface area contributed by atoms with Gasteiger partial charge in [-0.1, -0.05) is 12.1 Å². The number of halogens is 2. The molecule has 14 heteroatoms. The Morgan fingerprint density at radius 3 is 2.37 bits per heavy atom.